The number of anilines is 2. The number of aryl methyl sites for hydroxylation is 1. The number of amides is 1. The predicted octanol–water partition coefficient (Wildman–Crippen LogP) is 4.88. The average Bonchev–Trinajstić information content (AvgIpc) is 2.67. The van der Waals surface area contributed by atoms with Gasteiger partial charge in [0.25, 0.3) is 0 Å². The molecule has 0 radical (unpaired) electrons. The molecule has 1 aromatic heterocycles. The summed E-state index contributed by atoms with van der Waals surface area (Å²) in [5.74, 6) is 0.732. The molecule has 138 valence electrons. The van der Waals surface area contributed by atoms with Crippen LogP contribution in [0.15, 0.2) is 66.9 Å². The van der Waals surface area contributed by atoms with Crippen molar-refractivity contribution in [3.05, 3.63) is 88.6 Å². The molecule has 0 bridgehead atoms. The second-order valence-corrected chi connectivity index (χ2v) is 6.82. The Bertz CT molecular complexity index is 892. The van der Waals surface area contributed by atoms with E-state index >= 15 is 0 Å². The zero-order valence-electron chi connectivity index (χ0n) is 15.2. The minimum atomic E-state index is -0.0467. The molecular weight excluding hydrogens is 358 g/mol. The van der Waals surface area contributed by atoms with Crippen LogP contribution in [0.4, 0.5) is 11.5 Å². The molecule has 0 atom stereocenters. The minimum Gasteiger partial charge on any atom is -0.370 e. The minimum absolute atomic E-state index is 0.0467. The molecule has 0 saturated heterocycles. The lowest BCUT2D eigenvalue weighted by molar-refractivity contribution is -0.115. The van der Waals surface area contributed by atoms with Crippen molar-refractivity contribution in [2.45, 2.75) is 19.8 Å². The van der Waals surface area contributed by atoms with Crippen LogP contribution < -0.4 is 10.6 Å². The summed E-state index contributed by atoms with van der Waals surface area (Å²) < 4.78 is 0. The van der Waals surface area contributed by atoms with Crippen molar-refractivity contribution in [1.82, 2.24) is 4.98 Å². The first-order valence-corrected chi connectivity index (χ1v) is 9.27. The molecule has 3 rings (SSSR count). The van der Waals surface area contributed by atoms with Crippen LogP contribution in [-0.2, 0) is 17.6 Å². The van der Waals surface area contributed by atoms with Gasteiger partial charge in [0.1, 0.15) is 5.82 Å². The van der Waals surface area contributed by atoms with Gasteiger partial charge in [-0.25, -0.2) is 4.98 Å². The normalized spacial score (nSPS) is 10.4. The molecule has 2 N–H and O–H groups in total. The van der Waals surface area contributed by atoms with Crippen molar-refractivity contribution in [3.63, 3.8) is 0 Å². The molecule has 0 unspecified atom stereocenters. The Labute approximate surface area is 164 Å². The lowest BCUT2D eigenvalue weighted by Gasteiger charge is -2.09. The van der Waals surface area contributed by atoms with Crippen molar-refractivity contribution in [1.29, 1.82) is 0 Å². The monoisotopic (exact) mass is 379 g/mol. The Morgan fingerprint density at radius 3 is 2.52 bits per heavy atom. The Morgan fingerprint density at radius 1 is 1.04 bits per heavy atom. The van der Waals surface area contributed by atoms with E-state index in [0.717, 1.165) is 34.9 Å². The van der Waals surface area contributed by atoms with Gasteiger partial charge in [0.2, 0.25) is 5.91 Å². The fourth-order valence-electron chi connectivity index (χ4n) is 2.74. The first-order valence-electron chi connectivity index (χ1n) is 8.89. The van der Waals surface area contributed by atoms with Crippen LogP contribution in [0.5, 0.6) is 0 Å². The van der Waals surface area contributed by atoms with Crippen molar-refractivity contribution >= 4 is 29.0 Å². The Hall–Kier alpha value is -2.85. The Morgan fingerprint density at radius 2 is 1.81 bits per heavy atom. The maximum absolute atomic E-state index is 12.2. The highest BCUT2D eigenvalue weighted by Gasteiger charge is 2.06. The number of nitrogens with one attached hydrogen (secondary N) is 2. The first kappa shape index (κ1) is 18.9. The van der Waals surface area contributed by atoms with Crippen LogP contribution in [0.25, 0.3) is 0 Å². The molecule has 0 spiro atoms. The second kappa shape index (κ2) is 9.19. The van der Waals surface area contributed by atoms with Crippen LogP contribution in [0, 0.1) is 6.92 Å². The largest absolute Gasteiger partial charge is 0.370 e. The van der Waals surface area contributed by atoms with Crippen LogP contribution in [0.2, 0.25) is 5.02 Å². The summed E-state index contributed by atoms with van der Waals surface area (Å²) in [6, 6.07) is 19.4. The SMILES string of the molecule is Cc1ccccc1CC(=O)Nc1ccc(NCCc2ccc(Cl)cc2)nc1. The quantitative estimate of drug-likeness (QED) is 0.615. The number of carbonyl (C=O) groups excluding carboxylic acids is 1. The molecule has 1 heterocycles. The highest BCUT2D eigenvalue weighted by molar-refractivity contribution is 6.30. The summed E-state index contributed by atoms with van der Waals surface area (Å²) in [4.78, 5) is 16.6. The molecule has 0 saturated carbocycles. The van der Waals surface area contributed by atoms with Crippen molar-refractivity contribution in [2.24, 2.45) is 0 Å². The van der Waals surface area contributed by atoms with Gasteiger partial charge in [0.05, 0.1) is 18.3 Å². The number of hydrogen-bond donors (Lipinski definition) is 2. The Kier molecular flexibility index (Phi) is 6.44. The maximum Gasteiger partial charge on any atom is 0.228 e. The molecule has 4 nitrogen and oxygen atoms in total. The predicted molar refractivity (Wildman–Crippen MR) is 111 cm³/mol. The summed E-state index contributed by atoms with van der Waals surface area (Å²) >= 11 is 5.89. The number of aromatic nitrogens is 1. The van der Waals surface area contributed by atoms with Gasteiger partial charge in [0, 0.05) is 11.6 Å². The number of carbonyl (C=O) groups is 1. The molecule has 3 aromatic rings. The Balaban J connectivity index is 1.47. The molecule has 1 amide bonds. The summed E-state index contributed by atoms with van der Waals surface area (Å²) in [5.41, 5.74) is 4.05. The molecular formula is C22H22ClN3O. The van der Waals surface area contributed by atoms with E-state index in [1.807, 2.05) is 67.6 Å². The van der Waals surface area contributed by atoms with Crippen molar-refractivity contribution < 1.29 is 4.79 Å². The number of nitrogens with zero attached hydrogens (tertiary/aromatic N) is 1. The van der Waals surface area contributed by atoms with E-state index in [1.165, 1.54) is 5.56 Å². The molecule has 27 heavy (non-hydrogen) atoms. The van der Waals surface area contributed by atoms with Crippen molar-refractivity contribution in [3.8, 4) is 0 Å². The van der Waals surface area contributed by atoms with E-state index in [9.17, 15) is 4.79 Å². The summed E-state index contributed by atoms with van der Waals surface area (Å²) in [6.45, 7) is 2.78. The van der Waals surface area contributed by atoms with E-state index in [1.54, 1.807) is 6.20 Å². The molecule has 0 aliphatic carbocycles. The van der Waals surface area contributed by atoms with E-state index < -0.39 is 0 Å². The van der Waals surface area contributed by atoms with Gasteiger partial charge in [-0.05, 0) is 54.3 Å². The zero-order valence-corrected chi connectivity index (χ0v) is 16.0. The van der Waals surface area contributed by atoms with Crippen LogP contribution in [-0.4, -0.2) is 17.4 Å². The van der Waals surface area contributed by atoms with Gasteiger partial charge in [-0.2, -0.15) is 0 Å². The number of halogens is 1. The zero-order chi connectivity index (χ0) is 19.1. The lowest BCUT2D eigenvalue weighted by Crippen LogP contribution is -2.15. The van der Waals surface area contributed by atoms with Gasteiger partial charge in [0.15, 0.2) is 0 Å². The van der Waals surface area contributed by atoms with Crippen molar-refractivity contribution in [2.75, 3.05) is 17.2 Å². The van der Waals surface area contributed by atoms with E-state index in [2.05, 4.69) is 15.6 Å². The fourth-order valence-corrected chi connectivity index (χ4v) is 2.87. The third-order valence-corrected chi connectivity index (χ3v) is 4.54. The van der Waals surface area contributed by atoms with Gasteiger partial charge in [-0.1, -0.05) is 48.0 Å². The summed E-state index contributed by atoms with van der Waals surface area (Å²) in [5, 5.41) is 6.91. The van der Waals surface area contributed by atoms with E-state index in [0.29, 0.717) is 12.1 Å². The highest BCUT2D eigenvalue weighted by Crippen LogP contribution is 2.13. The van der Waals surface area contributed by atoms with Crippen LogP contribution in [0.1, 0.15) is 16.7 Å². The molecule has 5 heteroatoms. The van der Waals surface area contributed by atoms with Crippen LogP contribution >= 0.6 is 11.6 Å². The number of benzene rings is 2. The van der Waals surface area contributed by atoms with Gasteiger partial charge < -0.3 is 10.6 Å². The van der Waals surface area contributed by atoms with E-state index in [-0.39, 0.29) is 5.91 Å². The van der Waals surface area contributed by atoms with Crippen LogP contribution in [0.3, 0.4) is 0 Å². The molecule has 0 fully saturated rings. The maximum atomic E-state index is 12.2. The van der Waals surface area contributed by atoms with E-state index in [4.69, 9.17) is 11.6 Å². The number of hydrogen-bond acceptors (Lipinski definition) is 3. The molecule has 0 aliphatic heterocycles. The fraction of sp³-hybridized carbons (Fsp3) is 0.182. The summed E-state index contributed by atoms with van der Waals surface area (Å²) in [6.07, 6.45) is 2.90. The molecule has 2 aromatic carbocycles. The highest BCUT2D eigenvalue weighted by atomic mass is 35.5. The second-order valence-electron chi connectivity index (χ2n) is 6.39. The number of pyridine rings is 1. The standard InChI is InChI=1S/C22H22ClN3O/c1-16-4-2-3-5-18(16)14-22(27)26-20-10-11-21(25-15-20)24-13-12-17-6-8-19(23)9-7-17/h2-11,15H,12-14H2,1H3,(H,24,25)(H,26,27). The third kappa shape index (κ3) is 5.83. The third-order valence-electron chi connectivity index (χ3n) is 4.29. The number of rotatable bonds is 7. The summed E-state index contributed by atoms with van der Waals surface area (Å²) in [7, 11) is 0. The topological polar surface area (TPSA) is 54.0 Å². The van der Waals surface area contributed by atoms with Gasteiger partial charge in [-0.3, -0.25) is 4.79 Å². The van der Waals surface area contributed by atoms with Gasteiger partial charge >= 0.3 is 0 Å². The lowest BCUT2D eigenvalue weighted by atomic mass is 10.1. The smallest absolute Gasteiger partial charge is 0.228 e. The first-order chi connectivity index (χ1) is 13.1. The van der Waals surface area contributed by atoms with Gasteiger partial charge in [-0.15, -0.1) is 0 Å². The molecule has 0 aliphatic rings. The average molecular weight is 380 g/mol.